The Morgan fingerprint density at radius 3 is 2.64 bits per heavy atom. The predicted octanol–water partition coefficient (Wildman–Crippen LogP) is 4.95. The van der Waals surface area contributed by atoms with Gasteiger partial charge >= 0.3 is 0 Å². The van der Waals surface area contributed by atoms with E-state index in [2.05, 4.69) is 45.5 Å². The second kappa shape index (κ2) is 9.99. The van der Waals surface area contributed by atoms with Crippen LogP contribution in [0.1, 0.15) is 19.0 Å². The molecule has 0 aliphatic carbocycles. The molecule has 36 heavy (non-hydrogen) atoms. The maximum Gasteiger partial charge on any atom is 0.191 e. The lowest BCUT2D eigenvalue weighted by molar-refractivity contribution is 0.231. The molecule has 1 aromatic carbocycles. The van der Waals surface area contributed by atoms with Gasteiger partial charge in [-0.25, -0.2) is 14.4 Å². The molecule has 5 heterocycles. The highest BCUT2D eigenvalue weighted by Crippen LogP contribution is 2.34. The van der Waals surface area contributed by atoms with E-state index in [1.807, 2.05) is 16.9 Å². The first kappa shape index (κ1) is 23.7. The van der Waals surface area contributed by atoms with Crippen LogP contribution in [0.25, 0.3) is 16.9 Å². The van der Waals surface area contributed by atoms with Crippen molar-refractivity contribution in [1.29, 1.82) is 0 Å². The number of benzene rings is 1. The third kappa shape index (κ3) is 4.46. The quantitative estimate of drug-likeness (QED) is 0.354. The SMILES string of the molecule is CCc1nc2ccc(N3CCC(N4CCSCC4)C3)nn2c1N(C)c1nc(-c2ccc(F)cc2)cs1. The minimum absolute atomic E-state index is 0.245. The zero-order chi connectivity index (χ0) is 24.6. The first-order valence-corrected chi connectivity index (χ1v) is 14.5. The number of aryl methyl sites for hydroxylation is 1. The Kier molecular flexibility index (Phi) is 6.57. The van der Waals surface area contributed by atoms with Crippen molar-refractivity contribution in [1.82, 2.24) is 24.5 Å². The van der Waals surface area contributed by atoms with Crippen molar-refractivity contribution < 1.29 is 4.39 Å². The molecule has 10 heteroatoms. The summed E-state index contributed by atoms with van der Waals surface area (Å²) >= 11 is 3.62. The maximum absolute atomic E-state index is 13.4. The van der Waals surface area contributed by atoms with Crippen LogP contribution < -0.4 is 9.80 Å². The van der Waals surface area contributed by atoms with Gasteiger partial charge in [-0.2, -0.15) is 16.3 Å². The van der Waals surface area contributed by atoms with Crippen molar-refractivity contribution in [2.45, 2.75) is 25.8 Å². The summed E-state index contributed by atoms with van der Waals surface area (Å²) in [4.78, 5) is 16.9. The smallest absolute Gasteiger partial charge is 0.191 e. The number of thiazole rings is 1. The Morgan fingerprint density at radius 1 is 1.06 bits per heavy atom. The molecule has 0 bridgehead atoms. The van der Waals surface area contributed by atoms with Crippen molar-refractivity contribution in [2.75, 3.05) is 54.5 Å². The third-order valence-electron chi connectivity index (χ3n) is 7.13. The Hall–Kier alpha value is -2.69. The van der Waals surface area contributed by atoms with Gasteiger partial charge < -0.3 is 9.80 Å². The molecule has 7 nitrogen and oxygen atoms in total. The topological polar surface area (TPSA) is 52.8 Å². The molecule has 1 unspecified atom stereocenters. The van der Waals surface area contributed by atoms with Gasteiger partial charge in [0.05, 0.1) is 11.4 Å². The highest BCUT2D eigenvalue weighted by atomic mass is 32.2. The molecule has 2 aliphatic rings. The summed E-state index contributed by atoms with van der Waals surface area (Å²) < 4.78 is 15.3. The van der Waals surface area contributed by atoms with Gasteiger partial charge in [-0.1, -0.05) is 6.92 Å². The summed E-state index contributed by atoms with van der Waals surface area (Å²) in [7, 11) is 2.02. The third-order valence-corrected chi connectivity index (χ3v) is 8.99. The van der Waals surface area contributed by atoms with Crippen LogP contribution in [0.5, 0.6) is 0 Å². The van der Waals surface area contributed by atoms with E-state index >= 15 is 0 Å². The number of rotatable bonds is 6. The van der Waals surface area contributed by atoms with Crippen molar-refractivity contribution in [3.8, 4) is 11.3 Å². The van der Waals surface area contributed by atoms with E-state index in [0.29, 0.717) is 6.04 Å². The summed E-state index contributed by atoms with van der Waals surface area (Å²) in [6.07, 6.45) is 1.99. The largest absolute Gasteiger partial charge is 0.354 e. The lowest BCUT2D eigenvalue weighted by Gasteiger charge is -2.31. The second-order valence-electron chi connectivity index (χ2n) is 9.32. The molecular weight excluding hydrogens is 493 g/mol. The number of fused-ring (bicyclic) bond motifs is 1. The Labute approximate surface area is 219 Å². The highest BCUT2D eigenvalue weighted by Gasteiger charge is 2.30. The molecule has 0 N–H and O–H groups in total. The van der Waals surface area contributed by atoms with Crippen molar-refractivity contribution in [3.63, 3.8) is 0 Å². The normalized spacial score (nSPS) is 18.9. The van der Waals surface area contributed by atoms with Crippen LogP contribution in [0, 0.1) is 5.82 Å². The van der Waals surface area contributed by atoms with Crippen LogP contribution >= 0.6 is 23.1 Å². The van der Waals surface area contributed by atoms with Crippen LogP contribution in [-0.2, 0) is 6.42 Å². The summed E-state index contributed by atoms with van der Waals surface area (Å²) in [5.41, 5.74) is 3.57. The van der Waals surface area contributed by atoms with Crippen LogP contribution in [0.4, 0.5) is 21.2 Å². The van der Waals surface area contributed by atoms with Crippen molar-refractivity contribution in [3.05, 3.63) is 53.3 Å². The van der Waals surface area contributed by atoms with Gasteiger partial charge in [0.25, 0.3) is 0 Å². The average Bonchev–Trinajstić information content (AvgIpc) is 3.67. The number of halogens is 1. The Balaban J connectivity index is 1.29. The molecule has 1 atom stereocenters. The van der Waals surface area contributed by atoms with E-state index in [-0.39, 0.29) is 5.82 Å². The first-order valence-electron chi connectivity index (χ1n) is 12.5. The summed E-state index contributed by atoms with van der Waals surface area (Å²) in [6, 6.07) is 11.3. The average molecular weight is 524 g/mol. The molecule has 2 fully saturated rings. The Morgan fingerprint density at radius 2 is 1.86 bits per heavy atom. The monoisotopic (exact) mass is 523 g/mol. The minimum atomic E-state index is -0.245. The molecule has 0 radical (unpaired) electrons. The molecule has 0 saturated carbocycles. The number of thioether (sulfide) groups is 1. The van der Waals surface area contributed by atoms with Crippen molar-refractivity contribution in [2.24, 2.45) is 0 Å². The number of aromatic nitrogens is 4. The number of nitrogens with zero attached hydrogens (tertiary/aromatic N) is 7. The summed E-state index contributed by atoms with van der Waals surface area (Å²) in [5.74, 6) is 4.18. The van der Waals surface area contributed by atoms with Gasteiger partial charge in [0.15, 0.2) is 16.6 Å². The van der Waals surface area contributed by atoms with Gasteiger partial charge in [0.2, 0.25) is 0 Å². The molecule has 188 valence electrons. The van der Waals surface area contributed by atoms with Gasteiger partial charge in [0.1, 0.15) is 11.6 Å². The fourth-order valence-electron chi connectivity index (χ4n) is 5.15. The van der Waals surface area contributed by atoms with Gasteiger partial charge in [-0.3, -0.25) is 4.90 Å². The summed E-state index contributed by atoms with van der Waals surface area (Å²) in [6.45, 7) is 6.56. The standard InChI is InChI=1S/C26H30FN7S2/c1-3-21-25(31(2)26-29-22(17-36-26)18-4-6-19(27)7-5-18)34-23(28-21)8-9-24(30-34)33-11-10-20(16-33)32-12-14-35-15-13-32/h4-9,17,20H,3,10-16H2,1-2H3. The number of hydrogen-bond acceptors (Lipinski definition) is 8. The second-order valence-corrected chi connectivity index (χ2v) is 11.4. The molecule has 0 amide bonds. The maximum atomic E-state index is 13.4. The van der Waals surface area contributed by atoms with E-state index < -0.39 is 0 Å². The molecule has 6 rings (SSSR count). The van der Waals surface area contributed by atoms with E-state index in [4.69, 9.17) is 15.1 Å². The molecular formula is C26H30FN7S2. The lowest BCUT2D eigenvalue weighted by atomic mass is 10.2. The van der Waals surface area contributed by atoms with E-state index in [1.54, 1.807) is 23.5 Å². The zero-order valence-corrected chi connectivity index (χ0v) is 22.2. The van der Waals surface area contributed by atoms with E-state index in [1.165, 1.54) is 43.1 Å². The van der Waals surface area contributed by atoms with Crippen molar-refractivity contribution >= 4 is 45.5 Å². The molecule has 2 aliphatic heterocycles. The molecule has 2 saturated heterocycles. The number of hydrogen-bond donors (Lipinski definition) is 0. The van der Waals surface area contributed by atoms with Crippen LogP contribution in [0.15, 0.2) is 41.8 Å². The Bertz CT molecular complexity index is 1350. The van der Waals surface area contributed by atoms with E-state index in [0.717, 1.165) is 58.9 Å². The lowest BCUT2D eigenvalue weighted by Crippen LogP contribution is -2.42. The van der Waals surface area contributed by atoms with Crippen LogP contribution in [-0.4, -0.2) is 75.3 Å². The predicted molar refractivity (Wildman–Crippen MR) is 147 cm³/mol. The first-order chi connectivity index (χ1) is 17.6. The van der Waals surface area contributed by atoms with Gasteiger partial charge in [-0.05, 0) is 49.2 Å². The van der Waals surface area contributed by atoms with Crippen LogP contribution in [0.3, 0.4) is 0 Å². The fourth-order valence-corrected chi connectivity index (χ4v) is 6.88. The fraction of sp³-hybridized carbons (Fsp3) is 0.423. The highest BCUT2D eigenvalue weighted by molar-refractivity contribution is 7.99. The number of anilines is 3. The van der Waals surface area contributed by atoms with E-state index in [9.17, 15) is 4.39 Å². The zero-order valence-electron chi connectivity index (χ0n) is 20.6. The van der Waals surface area contributed by atoms with Gasteiger partial charge in [-0.15, -0.1) is 16.4 Å². The minimum Gasteiger partial charge on any atom is -0.354 e. The molecule has 4 aromatic rings. The molecule has 3 aromatic heterocycles. The molecule has 0 spiro atoms. The van der Waals surface area contributed by atoms with Gasteiger partial charge in [0, 0.05) is 61.7 Å². The number of imidazole rings is 1. The summed E-state index contributed by atoms with van der Waals surface area (Å²) in [5, 5.41) is 7.94. The van der Waals surface area contributed by atoms with Crippen LogP contribution in [0.2, 0.25) is 0 Å².